The van der Waals surface area contributed by atoms with Gasteiger partial charge in [0.1, 0.15) is 0 Å². The van der Waals surface area contributed by atoms with Gasteiger partial charge < -0.3 is 5.11 Å². The molecule has 1 amide bonds. The number of carboxylic acid groups (broad SMARTS) is 1. The van der Waals surface area contributed by atoms with Crippen LogP contribution in [0.25, 0.3) is 6.08 Å². The third-order valence-electron chi connectivity index (χ3n) is 4.76. The second-order valence-electron chi connectivity index (χ2n) is 6.84. The molecule has 1 aliphatic heterocycles. The van der Waals surface area contributed by atoms with Gasteiger partial charge in [-0.1, -0.05) is 53.9 Å². The first-order valence-corrected chi connectivity index (χ1v) is 9.92. The summed E-state index contributed by atoms with van der Waals surface area (Å²) in [5.41, 5.74) is 3.12. The van der Waals surface area contributed by atoms with Crippen molar-refractivity contribution in [2.75, 3.05) is 5.01 Å². The highest BCUT2D eigenvalue weighted by atomic mass is 35.5. The van der Waals surface area contributed by atoms with Crippen molar-refractivity contribution >= 4 is 52.6 Å². The van der Waals surface area contributed by atoms with Crippen LogP contribution in [0.3, 0.4) is 0 Å². The largest absolute Gasteiger partial charge is 0.478 e. The molecule has 0 spiro atoms. The molecule has 29 heavy (non-hydrogen) atoms. The lowest BCUT2D eigenvalue weighted by atomic mass is 9.92. The fourth-order valence-corrected chi connectivity index (χ4v) is 3.47. The van der Waals surface area contributed by atoms with E-state index in [2.05, 4.69) is 5.10 Å². The average Bonchev–Trinajstić information content (AvgIpc) is 3.00. The summed E-state index contributed by atoms with van der Waals surface area (Å²) < 4.78 is 0. The highest BCUT2D eigenvalue weighted by Gasteiger charge is 2.37. The number of hydrazone groups is 1. The molecule has 2 aromatic carbocycles. The van der Waals surface area contributed by atoms with Crippen molar-refractivity contribution < 1.29 is 14.7 Å². The van der Waals surface area contributed by atoms with Crippen molar-refractivity contribution in [3.63, 3.8) is 0 Å². The van der Waals surface area contributed by atoms with E-state index in [1.54, 1.807) is 18.2 Å². The Hall–Kier alpha value is -2.63. The Morgan fingerprint density at radius 3 is 2.45 bits per heavy atom. The maximum absolute atomic E-state index is 13.0. The molecule has 1 N–H and O–H groups in total. The zero-order valence-corrected chi connectivity index (χ0v) is 17.5. The number of hydrogen-bond donors (Lipinski definition) is 1. The van der Waals surface area contributed by atoms with E-state index in [0.717, 1.165) is 5.56 Å². The Labute approximate surface area is 179 Å². The SMILES string of the molecule is CCC1=NN(c2ccc(C)cc2)C(=O)C1CC(=Cc1ccc(Cl)c(Cl)c1)C(=O)O. The molecule has 0 bridgehead atoms. The number of hydrogen-bond acceptors (Lipinski definition) is 3. The van der Waals surface area contributed by atoms with E-state index in [-0.39, 0.29) is 17.9 Å². The summed E-state index contributed by atoms with van der Waals surface area (Å²) in [7, 11) is 0. The fourth-order valence-electron chi connectivity index (χ4n) is 3.16. The summed E-state index contributed by atoms with van der Waals surface area (Å²) in [5.74, 6) is -1.94. The fraction of sp³-hybridized carbons (Fsp3) is 0.227. The number of aryl methyl sites for hydroxylation is 1. The minimum absolute atomic E-state index is 0.0451. The lowest BCUT2D eigenvalue weighted by molar-refractivity contribution is -0.132. The smallest absolute Gasteiger partial charge is 0.331 e. The van der Waals surface area contributed by atoms with Crippen molar-refractivity contribution in [1.29, 1.82) is 0 Å². The van der Waals surface area contributed by atoms with E-state index in [1.807, 2.05) is 38.1 Å². The Morgan fingerprint density at radius 2 is 1.86 bits per heavy atom. The number of amides is 1. The van der Waals surface area contributed by atoms with Crippen LogP contribution >= 0.6 is 23.2 Å². The highest BCUT2D eigenvalue weighted by molar-refractivity contribution is 6.42. The van der Waals surface area contributed by atoms with Gasteiger partial charge in [-0.05, 0) is 55.7 Å². The molecule has 0 fully saturated rings. The van der Waals surface area contributed by atoms with Crippen LogP contribution in [0.1, 0.15) is 30.9 Å². The van der Waals surface area contributed by atoms with E-state index in [1.165, 1.54) is 11.1 Å². The van der Waals surface area contributed by atoms with Crippen LogP contribution in [0.15, 0.2) is 53.1 Å². The molecule has 1 unspecified atom stereocenters. The molecule has 7 heteroatoms. The van der Waals surface area contributed by atoms with E-state index >= 15 is 0 Å². The molecule has 0 radical (unpaired) electrons. The quantitative estimate of drug-likeness (QED) is 0.607. The zero-order chi connectivity index (χ0) is 21.1. The summed E-state index contributed by atoms with van der Waals surface area (Å²) in [6, 6.07) is 12.4. The van der Waals surface area contributed by atoms with Crippen LogP contribution in [0.5, 0.6) is 0 Å². The Kier molecular flexibility index (Phi) is 6.40. The van der Waals surface area contributed by atoms with E-state index in [0.29, 0.717) is 33.4 Å². The molecule has 150 valence electrons. The van der Waals surface area contributed by atoms with Gasteiger partial charge >= 0.3 is 5.97 Å². The standard InChI is InChI=1S/C22H20Cl2N2O3/c1-3-20-17(21(27)26(25-20)16-7-4-13(2)5-8-16)12-15(22(28)29)10-14-6-9-18(23)19(24)11-14/h4-11,17H,3,12H2,1-2H3,(H,28,29). The van der Waals surface area contributed by atoms with Crippen LogP contribution in [0, 0.1) is 12.8 Å². The molecular weight excluding hydrogens is 411 g/mol. The normalized spacial score (nSPS) is 16.9. The number of carbonyl (C=O) groups is 2. The first kappa shape index (κ1) is 21.1. The maximum Gasteiger partial charge on any atom is 0.331 e. The third-order valence-corrected chi connectivity index (χ3v) is 5.50. The van der Waals surface area contributed by atoms with Gasteiger partial charge in [-0.3, -0.25) is 4.79 Å². The highest BCUT2D eigenvalue weighted by Crippen LogP contribution is 2.30. The second-order valence-corrected chi connectivity index (χ2v) is 7.65. The van der Waals surface area contributed by atoms with Gasteiger partial charge in [-0.15, -0.1) is 0 Å². The van der Waals surface area contributed by atoms with Crippen molar-refractivity contribution in [3.05, 3.63) is 69.2 Å². The molecule has 1 atom stereocenters. The minimum Gasteiger partial charge on any atom is -0.478 e. The summed E-state index contributed by atoms with van der Waals surface area (Å²) in [4.78, 5) is 24.9. The number of carboxylic acids is 1. The van der Waals surface area contributed by atoms with E-state index in [4.69, 9.17) is 23.2 Å². The summed E-state index contributed by atoms with van der Waals surface area (Å²) in [6.45, 7) is 3.87. The molecular formula is C22H20Cl2N2O3. The van der Waals surface area contributed by atoms with Crippen LogP contribution in [-0.2, 0) is 9.59 Å². The number of carbonyl (C=O) groups excluding carboxylic acids is 1. The Balaban J connectivity index is 1.89. The van der Waals surface area contributed by atoms with E-state index < -0.39 is 11.9 Å². The summed E-state index contributed by atoms with van der Waals surface area (Å²) in [5, 5.41) is 16.2. The van der Waals surface area contributed by atoms with Gasteiger partial charge in [-0.25, -0.2) is 9.80 Å². The monoisotopic (exact) mass is 430 g/mol. The topological polar surface area (TPSA) is 70.0 Å². The van der Waals surface area contributed by atoms with Crippen LogP contribution in [0.2, 0.25) is 10.0 Å². The van der Waals surface area contributed by atoms with Crippen LogP contribution in [0.4, 0.5) is 5.69 Å². The van der Waals surface area contributed by atoms with Crippen molar-refractivity contribution in [2.45, 2.75) is 26.7 Å². The van der Waals surface area contributed by atoms with Crippen LogP contribution in [-0.4, -0.2) is 22.7 Å². The lowest BCUT2D eigenvalue weighted by Gasteiger charge is -2.15. The maximum atomic E-state index is 13.0. The summed E-state index contributed by atoms with van der Waals surface area (Å²) in [6.07, 6.45) is 2.11. The lowest BCUT2D eigenvalue weighted by Crippen LogP contribution is -2.28. The van der Waals surface area contributed by atoms with Crippen molar-refractivity contribution in [2.24, 2.45) is 11.0 Å². The van der Waals surface area contributed by atoms with E-state index in [9.17, 15) is 14.7 Å². The Bertz CT molecular complexity index is 1010. The van der Waals surface area contributed by atoms with Gasteiger partial charge in [0.05, 0.1) is 27.4 Å². The molecule has 3 rings (SSSR count). The molecule has 5 nitrogen and oxygen atoms in total. The predicted molar refractivity (Wildman–Crippen MR) is 117 cm³/mol. The number of nitrogens with zero attached hydrogens (tertiary/aromatic N) is 2. The summed E-state index contributed by atoms with van der Waals surface area (Å²) >= 11 is 11.9. The first-order valence-electron chi connectivity index (χ1n) is 9.17. The Morgan fingerprint density at radius 1 is 1.17 bits per heavy atom. The number of benzene rings is 2. The molecule has 0 aromatic heterocycles. The van der Waals surface area contributed by atoms with Gasteiger partial charge in [0.25, 0.3) is 5.91 Å². The molecule has 0 saturated heterocycles. The number of aliphatic carboxylic acids is 1. The molecule has 1 heterocycles. The third kappa shape index (κ3) is 4.69. The number of rotatable bonds is 6. The zero-order valence-electron chi connectivity index (χ0n) is 16.0. The molecule has 0 aliphatic carbocycles. The van der Waals surface area contributed by atoms with Gasteiger partial charge in [0.15, 0.2) is 0 Å². The number of anilines is 1. The minimum atomic E-state index is -1.09. The molecule has 0 saturated carbocycles. The number of halogens is 2. The van der Waals surface area contributed by atoms with Gasteiger partial charge in [0.2, 0.25) is 0 Å². The second kappa shape index (κ2) is 8.80. The molecule has 1 aliphatic rings. The predicted octanol–water partition coefficient (Wildman–Crippen LogP) is 5.59. The van der Waals surface area contributed by atoms with Crippen molar-refractivity contribution in [3.8, 4) is 0 Å². The van der Waals surface area contributed by atoms with Gasteiger partial charge in [-0.2, -0.15) is 5.10 Å². The van der Waals surface area contributed by atoms with Crippen molar-refractivity contribution in [1.82, 2.24) is 0 Å². The van der Waals surface area contributed by atoms with Gasteiger partial charge in [0, 0.05) is 5.57 Å². The average molecular weight is 431 g/mol. The first-order chi connectivity index (χ1) is 13.8. The molecule has 2 aromatic rings. The van der Waals surface area contributed by atoms with Crippen LogP contribution < -0.4 is 5.01 Å².